The molecule has 0 bridgehead atoms. The molecule has 1 N–H and O–H groups in total. The molecule has 0 aliphatic carbocycles. The van der Waals surface area contributed by atoms with Gasteiger partial charge in [0.2, 0.25) is 11.8 Å². The van der Waals surface area contributed by atoms with Crippen molar-refractivity contribution < 1.29 is 9.59 Å². The number of hydrogen-bond donors (Lipinski definition) is 1. The molecule has 0 radical (unpaired) electrons. The molecule has 2 unspecified atom stereocenters. The summed E-state index contributed by atoms with van der Waals surface area (Å²) in [5.74, 6) is 0.0628. The van der Waals surface area contributed by atoms with Gasteiger partial charge in [0.05, 0.1) is 17.2 Å². The number of amides is 2. The van der Waals surface area contributed by atoms with Crippen LogP contribution in [0.5, 0.6) is 0 Å². The van der Waals surface area contributed by atoms with E-state index in [9.17, 15) is 9.59 Å². The van der Waals surface area contributed by atoms with Gasteiger partial charge in [-0.05, 0) is 12.8 Å². The lowest BCUT2D eigenvalue weighted by atomic mass is 9.96. The van der Waals surface area contributed by atoms with Crippen molar-refractivity contribution in [2.24, 2.45) is 5.92 Å². The maximum atomic E-state index is 12.4. The Morgan fingerprint density at radius 2 is 2.32 bits per heavy atom. The molecule has 2 amide bonds. The van der Waals surface area contributed by atoms with E-state index in [0.29, 0.717) is 6.54 Å². The molecule has 5 nitrogen and oxygen atoms in total. The van der Waals surface area contributed by atoms with E-state index in [1.54, 1.807) is 16.2 Å². The molecule has 0 saturated carbocycles. The van der Waals surface area contributed by atoms with E-state index >= 15 is 0 Å². The molecule has 2 atom stereocenters. The van der Waals surface area contributed by atoms with Crippen molar-refractivity contribution in [3.05, 3.63) is 16.1 Å². The monoisotopic (exact) mass is 281 g/mol. The van der Waals surface area contributed by atoms with Gasteiger partial charge < -0.3 is 10.2 Å². The number of rotatable bonds is 4. The largest absolute Gasteiger partial charge is 0.342 e. The molecule has 1 aromatic heterocycles. The molecule has 2 rings (SSSR count). The van der Waals surface area contributed by atoms with Crippen LogP contribution in [0.3, 0.4) is 0 Å². The third-order valence-corrected chi connectivity index (χ3v) is 4.28. The molecular weight excluding hydrogens is 262 g/mol. The van der Waals surface area contributed by atoms with Crippen LogP contribution in [0.4, 0.5) is 0 Å². The van der Waals surface area contributed by atoms with Crippen LogP contribution in [0.1, 0.15) is 31.0 Å². The molecule has 1 aromatic rings. The summed E-state index contributed by atoms with van der Waals surface area (Å²) in [6.07, 6.45) is 0.861. The molecule has 1 saturated heterocycles. The fourth-order valence-electron chi connectivity index (χ4n) is 2.16. The third kappa shape index (κ3) is 3.12. The van der Waals surface area contributed by atoms with Crippen LogP contribution in [0.2, 0.25) is 0 Å². The summed E-state index contributed by atoms with van der Waals surface area (Å²) in [7, 11) is 0. The van der Waals surface area contributed by atoms with E-state index in [1.807, 2.05) is 26.2 Å². The van der Waals surface area contributed by atoms with E-state index in [2.05, 4.69) is 10.3 Å². The highest BCUT2D eigenvalue weighted by Crippen LogP contribution is 2.17. The Balaban J connectivity index is 2.11. The zero-order valence-corrected chi connectivity index (χ0v) is 12.3. The Bertz CT molecular complexity index is 486. The van der Waals surface area contributed by atoms with E-state index in [-0.39, 0.29) is 24.3 Å². The first kappa shape index (κ1) is 14.0. The number of piperazine rings is 1. The normalized spacial score (nSPS) is 21.4. The van der Waals surface area contributed by atoms with Crippen molar-refractivity contribution in [1.82, 2.24) is 15.2 Å². The lowest BCUT2D eigenvalue weighted by Crippen LogP contribution is -2.59. The maximum Gasteiger partial charge on any atom is 0.246 e. The minimum Gasteiger partial charge on any atom is -0.342 e. The van der Waals surface area contributed by atoms with Gasteiger partial charge in [-0.25, -0.2) is 4.98 Å². The number of carbonyl (C=O) groups is 2. The average Bonchev–Trinajstić information content (AvgIpc) is 2.78. The van der Waals surface area contributed by atoms with Crippen molar-refractivity contribution in [3.63, 3.8) is 0 Å². The van der Waals surface area contributed by atoms with Crippen molar-refractivity contribution >= 4 is 23.2 Å². The number of nitrogens with zero attached hydrogens (tertiary/aromatic N) is 2. The van der Waals surface area contributed by atoms with Gasteiger partial charge in [0.15, 0.2) is 0 Å². The van der Waals surface area contributed by atoms with Crippen LogP contribution in [-0.4, -0.2) is 34.3 Å². The zero-order chi connectivity index (χ0) is 14.0. The number of thiazole rings is 1. The Morgan fingerprint density at radius 1 is 1.58 bits per heavy atom. The van der Waals surface area contributed by atoms with Gasteiger partial charge in [0.1, 0.15) is 12.6 Å². The minimum absolute atomic E-state index is 0.000368. The molecule has 19 heavy (non-hydrogen) atoms. The van der Waals surface area contributed by atoms with E-state index in [1.165, 1.54) is 0 Å². The zero-order valence-electron chi connectivity index (χ0n) is 11.5. The second kappa shape index (κ2) is 5.69. The van der Waals surface area contributed by atoms with Gasteiger partial charge in [0, 0.05) is 5.38 Å². The summed E-state index contributed by atoms with van der Waals surface area (Å²) >= 11 is 1.56. The number of carbonyl (C=O) groups excluding carboxylic acids is 2. The number of hydrogen-bond acceptors (Lipinski definition) is 4. The van der Waals surface area contributed by atoms with Crippen molar-refractivity contribution in [1.29, 1.82) is 0 Å². The predicted octanol–water partition coefficient (Wildman–Crippen LogP) is 1.32. The molecule has 6 heteroatoms. The van der Waals surface area contributed by atoms with E-state index in [4.69, 9.17) is 0 Å². The number of aryl methyl sites for hydroxylation is 1. The van der Waals surface area contributed by atoms with Crippen LogP contribution in [0.15, 0.2) is 5.38 Å². The maximum absolute atomic E-state index is 12.4. The van der Waals surface area contributed by atoms with Crippen LogP contribution in [0, 0.1) is 12.8 Å². The highest BCUT2D eigenvalue weighted by Gasteiger charge is 2.35. The minimum atomic E-state index is -0.397. The Hall–Kier alpha value is -1.43. The summed E-state index contributed by atoms with van der Waals surface area (Å²) in [6.45, 7) is 6.49. The quantitative estimate of drug-likeness (QED) is 0.905. The molecule has 1 aliphatic heterocycles. The summed E-state index contributed by atoms with van der Waals surface area (Å²) in [5.41, 5.74) is 0.855. The first-order valence-corrected chi connectivity index (χ1v) is 7.38. The highest BCUT2D eigenvalue weighted by molar-refractivity contribution is 7.09. The lowest BCUT2D eigenvalue weighted by molar-refractivity contribution is -0.146. The topological polar surface area (TPSA) is 62.3 Å². The molecule has 2 heterocycles. The molecule has 0 spiro atoms. The fourth-order valence-corrected chi connectivity index (χ4v) is 2.76. The molecule has 0 aromatic carbocycles. The van der Waals surface area contributed by atoms with Gasteiger partial charge >= 0.3 is 0 Å². The van der Waals surface area contributed by atoms with Gasteiger partial charge in [0.25, 0.3) is 0 Å². The lowest BCUT2D eigenvalue weighted by Gasteiger charge is -2.34. The van der Waals surface area contributed by atoms with Crippen LogP contribution in [0.25, 0.3) is 0 Å². The number of aromatic nitrogens is 1. The van der Waals surface area contributed by atoms with Crippen LogP contribution in [-0.2, 0) is 16.1 Å². The summed E-state index contributed by atoms with van der Waals surface area (Å²) in [4.78, 5) is 30.0. The first-order chi connectivity index (χ1) is 9.01. The average molecular weight is 281 g/mol. The fraction of sp³-hybridized carbons (Fsp3) is 0.615. The van der Waals surface area contributed by atoms with Crippen molar-refractivity contribution in [2.75, 3.05) is 6.54 Å². The van der Waals surface area contributed by atoms with Gasteiger partial charge in [-0.3, -0.25) is 9.59 Å². The molecule has 1 fully saturated rings. The summed E-state index contributed by atoms with van der Waals surface area (Å²) in [6, 6.07) is -0.397. The molecule has 1 aliphatic rings. The SMILES string of the molecule is CCC(C)C1NC(=O)CN(Cc2csc(C)n2)C1=O. The smallest absolute Gasteiger partial charge is 0.246 e. The molecular formula is C13H19N3O2S. The van der Waals surface area contributed by atoms with Gasteiger partial charge in [-0.2, -0.15) is 0 Å². The van der Waals surface area contributed by atoms with Crippen LogP contribution < -0.4 is 5.32 Å². The number of nitrogens with one attached hydrogen (secondary N) is 1. The van der Waals surface area contributed by atoms with Gasteiger partial charge in [-0.1, -0.05) is 20.3 Å². The summed E-state index contributed by atoms with van der Waals surface area (Å²) < 4.78 is 0. The second-order valence-electron chi connectivity index (χ2n) is 4.98. The van der Waals surface area contributed by atoms with Gasteiger partial charge in [-0.15, -0.1) is 11.3 Å². The van der Waals surface area contributed by atoms with Crippen LogP contribution >= 0.6 is 11.3 Å². The standard InChI is InChI=1S/C13H19N3O2S/c1-4-8(2)12-13(18)16(6-11(17)15-12)5-10-7-19-9(3)14-10/h7-8,12H,4-6H2,1-3H3,(H,15,17). The summed E-state index contributed by atoms with van der Waals surface area (Å²) in [5, 5.41) is 5.70. The first-order valence-electron chi connectivity index (χ1n) is 6.50. The Kier molecular flexibility index (Phi) is 4.19. The predicted molar refractivity (Wildman–Crippen MR) is 73.7 cm³/mol. The highest BCUT2D eigenvalue weighted by atomic mass is 32.1. The Labute approximate surface area is 117 Å². The molecule has 104 valence electrons. The Morgan fingerprint density at radius 3 is 2.89 bits per heavy atom. The second-order valence-corrected chi connectivity index (χ2v) is 6.05. The van der Waals surface area contributed by atoms with Crippen molar-refractivity contribution in [3.8, 4) is 0 Å². The third-order valence-electron chi connectivity index (χ3n) is 3.46. The van der Waals surface area contributed by atoms with E-state index < -0.39 is 6.04 Å². The van der Waals surface area contributed by atoms with Crippen molar-refractivity contribution in [2.45, 2.75) is 39.8 Å². The van der Waals surface area contributed by atoms with E-state index in [0.717, 1.165) is 17.1 Å².